The molecular weight excluding hydrogens is 345 g/mol. The Kier molecular flexibility index (Phi) is 5.31. The van der Waals surface area contributed by atoms with Crippen LogP contribution in [0.4, 0.5) is 13.2 Å². The van der Waals surface area contributed by atoms with Crippen molar-refractivity contribution < 1.29 is 18.0 Å². The molecule has 5 nitrogen and oxygen atoms in total. The molecule has 0 aliphatic carbocycles. The van der Waals surface area contributed by atoms with Gasteiger partial charge in [-0.05, 0) is 30.5 Å². The van der Waals surface area contributed by atoms with E-state index < -0.39 is 11.7 Å². The van der Waals surface area contributed by atoms with Gasteiger partial charge in [0.15, 0.2) is 0 Å². The van der Waals surface area contributed by atoms with E-state index in [1.165, 1.54) is 12.1 Å². The Labute approximate surface area is 149 Å². The number of carbonyl (C=O) groups is 1. The highest BCUT2D eigenvalue weighted by atomic mass is 19.4. The van der Waals surface area contributed by atoms with Gasteiger partial charge in [0.2, 0.25) is 0 Å². The zero-order chi connectivity index (χ0) is 18.7. The summed E-state index contributed by atoms with van der Waals surface area (Å²) in [6, 6.07) is 7.35. The number of benzene rings is 1. The number of piperidine rings is 1. The summed E-state index contributed by atoms with van der Waals surface area (Å²) in [6.07, 6.45) is -1.24. The van der Waals surface area contributed by atoms with Crippen molar-refractivity contribution in [2.24, 2.45) is 7.05 Å². The Morgan fingerprint density at radius 3 is 2.54 bits per heavy atom. The predicted octanol–water partition coefficient (Wildman–Crippen LogP) is 2.83. The number of nitrogens with one attached hydrogen (secondary N) is 1. The van der Waals surface area contributed by atoms with Crippen molar-refractivity contribution in [3.8, 4) is 0 Å². The third kappa shape index (κ3) is 4.43. The normalized spacial score (nSPS) is 16.6. The van der Waals surface area contributed by atoms with Crippen LogP contribution in [-0.2, 0) is 19.8 Å². The summed E-state index contributed by atoms with van der Waals surface area (Å²) in [6.45, 7) is 1.54. The van der Waals surface area contributed by atoms with Gasteiger partial charge in [0.1, 0.15) is 5.69 Å². The van der Waals surface area contributed by atoms with Crippen LogP contribution in [0.2, 0.25) is 0 Å². The van der Waals surface area contributed by atoms with E-state index in [2.05, 4.69) is 10.4 Å². The molecule has 2 aromatic rings. The fraction of sp³-hybridized carbons (Fsp3) is 0.444. The summed E-state index contributed by atoms with van der Waals surface area (Å²) in [5.74, 6) is -0.216. The molecule has 1 saturated heterocycles. The monoisotopic (exact) mass is 366 g/mol. The number of likely N-dealkylation sites (tertiary alicyclic amines) is 1. The smallest absolute Gasteiger partial charge is 0.348 e. The molecule has 26 heavy (non-hydrogen) atoms. The topological polar surface area (TPSA) is 50.2 Å². The highest BCUT2D eigenvalue weighted by molar-refractivity contribution is 5.92. The molecule has 1 aliphatic heterocycles. The van der Waals surface area contributed by atoms with E-state index in [0.29, 0.717) is 31.6 Å². The second kappa shape index (κ2) is 7.49. The van der Waals surface area contributed by atoms with E-state index in [4.69, 9.17) is 0 Å². The largest absolute Gasteiger partial charge is 0.416 e. The molecule has 0 unspecified atom stereocenters. The lowest BCUT2D eigenvalue weighted by Crippen LogP contribution is -2.44. The number of aromatic nitrogens is 2. The van der Waals surface area contributed by atoms with Gasteiger partial charge in [-0.25, -0.2) is 0 Å². The third-order valence-corrected chi connectivity index (χ3v) is 4.59. The molecule has 0 atom stereocenters. The predicted molar refractivity (Wildman–Crippen MR) is 90.4 cm³/mol. The van der Waals surface area contributed by atoms with Crippen molar-refractivity contribution in [2.45, 2.75) is 31.6 Å². The lowest BCUT2D eigenvalue weighted by molar-refractivity contribution is -0.138. The molecule has 1 aromatic heterocycles. The van der Waals surface area contributed by atoms with Crippen LogP contribution in [0.3, 0.4) is 0 Å². The van der Waals surface area contributed by atoms with Crippen LogP contribution in [0.1, 0.15) is 34.5 Å². The van der Waals surface area contributed by atoms with Crippen LogP contribution in [-0.4, -0.2) is 39.7 Å². The molecule has 1 fully saturated rings. The van der Waals surface area contributed by atoms with Gasteiger partial charge in [0.05, 0.1) is 5.56 Å². The molecule has 0 bridgehead atoms. The third-order valence-electron chi connectivity index (χ3n) is 4.59. The van der Waals surface area contributed by atoms with Gasteiger partial charge in [-0.3, -0.25) is 14.4 Å². The summed E-state index contributed by atoms with van der Waals surface area (Å²) in [4.78, 5) is 14.1. The highest BCUT2D eigenvalue weighted by Gasteiger charge is 2.33. The maximum absolute atomic E-state index is 13.1. The van der Waals surface area contributed by atoms with Gasteiger partial charge in [-0.2, -0.15) is 18.3 Å². The average Bonchev–Trinajstić information content (AvgIpc) is 3.03. The van der Waals surface area contributed by atoms with Crippen LogP contribution in [0.25, 0.3) is 0 Å². The second-order valence-corrected chi connectivity index (χ2v) is 6.55. The molecular formula is C18H21F3N4O. The van der Waals surface area contributed by atoms with Gasteiger partial charge >= 0.3 is 6.18 Å². The van der Waals surface area contributed by atoms with Crippen LogP contribution in [0, 0.1) is 0 Å². The number of hydrogen-bond acceptors (Lipinski definition) is 3. The maximum Gasteiger partial charge on any atom is 0.416 e. The molecule has 0 spiro atoms. The van der Waals surface area contributed by atoms with Gasteiger partial charge in [-0.1, -0.05) is 18.2 Å². The van der Waals surface area contributed by atoms with Crippen molar-refractivity contribution in [2.75, 3.05) is 13.1 Å². The highest BCUT2D eigenvalue weighted by Crippen LogP contribution is 2.32. The molecule has 0 radical (unpaired) electrons. The Balaban J connectivity index is 1.54. The number of aryl methyl sites for hydroxylation is 1. The van der Waals surface area contributed by atoms with Gasteiger partial charge < -0.3 is 5.32 Å². The first-order valence-corrected chi connectivity index (χ1v) is 8.51. The molecule has 8 heteroatoms. The summed E-state index contributed by atoms with van der Waals surface area (Å²) in [5, 5.41) is 7.01. The van der Waals surface area contributed by atoms with Crippen LogP contribution < -0.4 is 5.32 Å². The van der Waals surface area contributed by atoms with Crippen molar-refractivity contribution in [3.05, 3.63) is 53.3 Å². The summed E-state index contributed by atoms with van der Waals surface area (Å²) >= 11 is 0. The maximum atomic E-state index is 13.1. The molecule has 2 heterocycles. The number of rotatable bonds is 4. The first kappa shape index (κ1) is 18.4. The van der Waals surface area contributed by atoms with Crippen molar-refractivity contribution in [1.29, 1.82) is 0 Å². The molecule has 1 N–H and O–H groups in total. The average molecular weight is 366 g/mol. The fourth-order valence-corrected chi connectivity index (χ4v) is 3.21. The van der Waals surface area contributed by atoms with Crippen LogP contribution in [0.15, 0.2) is 36.5 Å². The Morgan fingerprint density at radius 1 is 1.23 bits per heavy atom. The summed E-state index contributed by atoms with van der Waals surface area (Å²) in [5.41, 5.74) is 0.0792. The standard InChI is InChI=1S/C18H21F3N4O/c1-24-9-8-16(23-24)17(26)22-14-6-10-25(11-7-14)12-13-4-2-3-5-15(13)18(19,20)21/h2-5,8-9,14H,6-7,10-12H2,1H3,(H,22,26). The first-order valence-electron chi connectivity index (χ1n) is 8.51. The lowest BCUT2D eigenvalue weighted by atomic mass is 10.0. The number of carbonyl (C=O) groups excluding carboxylic acids is 1. The van der Waals surface area contributed by atoms with Gasteiger partial charge in [0, 0.05) is 38.9 Å². The number of nitrogens with zero attached hydrogens (tertiary/aromatic N) is 3. The van der Waals surface area contributed by atoms with E-state index in [1.807, 2.05) is 4.90 Å². The van der Waals surface area contributed by atoms with E-state index in [0.717, 1.165) is 6.07 Å². The van der Waals surface area contributed by atoms with E-state index >= 15 is 0 Å². The Hall–Kier alpha value is -2.35. The number of hydrogen-bond donors (Lipinski definition) is 1. The van der Waals surface area contributed by atoms with Gasteiger partial charge in [0.25, 0.3) is 5.91 Å². The molecule has 1 amide bonds. The minimum Gasteiger partial charge on any atom is -0.348 e. The van der Waals surface area contributed by atoms with Crippen molar-refractivity contribution >= 4 is 5.91 Å². The zero-order valence-corrected chi connectivity index (χ0v) is 14.5. The van der Waals surface area contributed by atoms with Crippen molar-refractivity contribution in [3.63, 3.8) is 0 Å². The molecule has 3 rings (SSSR count). The van der Waals surface area contributed by atoms with E-state index in [1.54, 1.807) is 30.1 Å². The second-order valence-electron chi connectivity index (χ2n) is 6.55. The quantitative estimate of drug-likeness (QED) is 0.905. The zero-order valence-electron chi connectivity index (χ0n) is 14.5. The number of halogens is 3. The summed E-state index contributed by atoms with van der Waals surface area (Å²) in [7, 11) is 1.74. The molecule has 0 saturated carbocycles. The SMILES string of the molecule is Cn1ccc(C(=O)NC2CCN(Cc3ccccc3C(F)(F)F)CC2)n1. The lowest BCUT2D eigenvalue weighted by Gasteiger charge is -2.32. The van der Waals surface area contributed by atoms with E-state index in [9.17, 15) is 18.0 Å². The van der Waals surface area contributed by atoms with E-state index in [-0.39, 0.29) is 24.1 Å². The minimum atomic E-state index is -4.34. The number of amides is 1. The first-order chi connectivity index (χ1) is 12.3. The Bertz CT molecular complexity index is 764. The van der Waals surface area contributed by atoms with Crippen LogP contribution >= 0.6 is 0 Å². The van der Waals surface area contributed by atoms with Gasteiger partial charge in [-0.15, -0.1) is 0 Å². The minimum absolute atomic E-state index is 0.0126. The Morgan fingerprint density at radius 2 is 1.92 bits per heavy atom. The fourth-order valence-electron chi connectivity index (χ4n) is 3.21. The molecule has 140 valence electrons. The van der Waals surface area contributed by atoms with Crippen molar-refractivity contribution in [1.82, 2.24) is 20.0 Å². The molecule has 1 aliphatic rings. The molecule has 1 aromatic carbocycles. The number of alkyl halides is 3. The summed E-state index contributed by atoms with van der Waals surface area (Å²) < 4.78 is 40.9. The van der Waals surface area contributed by atoms with Crippen LogP contribution in [0.5, 0.6) is 0 Å².